The number of rotatable bonds is 10. The van der Waals surface area contributed by atoms with Crippen LogP contribution in [0, 0.1) is 23.7 Å². The average molecular weight is 312 g/mol. The van der Waals surface area contributed by atoms with Crippen LogP contribution in [-0.2, 0) is 4.74 Å². The molecule has 130 valence electrons. The second-order valence-electron chi connectivity index (χ2n) is 7.03. The van der Waals surface area contributed by atoms with Gasteiger partial charge < -0.3 is 15.2 Å². The Kier molecular flexibility index (Phi) is 9.30. The van der Waals surface area contributed by atoms with Crippen LogP contribution < -0.4 is 5.32 Å². The lowest BCUT2D eigenvalue weighted by Crippen LogP contribution is -2.42. The summed E-state index contributed by atoms with van der Waals surface area (Å²) < 4.78 is 6.31. The van der Waals surface area contributed by atoms with E-state index in [2.05, 4.69) is 45.2 Å². The van der Waals surface area contributed by atoms with Crippen molar-refractivity contribution in [1.82, 2.24) is 5.32 Å². The van der Waals surface area contributed by atoms with E-state index in [1.54, 1.807) is 0 Å². The summed E-state index contributed by atoms with van der Waals surface area (Å²) in [7, 11) is 2.01. The van der Waals surface area contributed by atoms with Crippen molar-refractivity contribution in [2.45, 2.75) is 65.5 Å². The Labute approximate surface area is 137 Å². The second-order valence-corrected chi connectivity index (χ2v) is 7.03. The molecule has 0 fully saturated rings. The van der Waals surface area contributed by atoms with Crippen LogP contribution in [0.2, 0.25) is 0 Å². The molecular formula is C19H37NO2. The quantitative estimate of drug-likeness (QED) is 0.605. The SMILES string of the molecule is CCC(CO)[C@H]1CC=C[C@H](COC([C@H](C)NC)[C@@H](C)CC)C1. The number of nitrogens with one attached hydrogen (secondary N) is 1. The molecule has 3 nitrogen and oxygen atoms in total. The van der Waals surface area contributed by atoms with E-state index in [1.165, 1.54) is 0 Å². The van der Waals surface area contributed by atoms with Crippen LogP contribution >= 0.6 is 0 Å². The summed E-state index contributed by atoms with van der Waals surface area (Å²) >= 11 is 0. The molecule has 0 aromatic heterocycles. The molecule has 0 aliphatic heterocycles. The molecule has 6 atom stereocenters. The normalized spacial score (nSPS) is 27.4. The number of hydrogen-bond donors (Lipinski definition) is 2. The second kappa shape index (κ2) is 10.4. The first-order chi connectivity index (χ1) is 10.6. The molecule has 3 heteroatoms. The van der Waals surface area contributed by atoms with Gasteiger partial charge in [0.05, 0.1) is 12.7 Å². The Morgan fingerprint density at radius 2 is 2.00 bits per heavy atom. The van der Waals surface area contributed by atoms with E-state index >= 15 is 0 Å². The Morgan fingerprint density at radius 1 is 1.27 bits per heavy atom. The van der Waals surface area contributed by atoms with E-state index in [4.69, 9.17) is 4.74 Å². The molecule has 0 heterocycles. The monoisotopic (exact) mass is 311 g/mol. The van der Waals surface area contributed by atoms with Crippen molar-refractivity contribution in [3.05, 3.63) is 12.2 Å². The zero-order chi connectivity index (χ0) is 16.5. The highest BCUT2D eigenvalue weighted by Crippen LogP contribution is 2.31. The summed E-state index contributed by atoms with van der Waals surface area (Å²) in [5, 5.41) is 12.9. The fourth-order valence-electron chi connectivity index (χ4n) is 3.56. The van der Waals surface area contributed by atoms with Gasteiger partial charge in [-0.05, 0) is 44.6 Å². The minimum absolute atomic E-state index is 0.267. The van der Waals surface area contributed by atoms with Crippen molar-refractivity contribution in [2.24, 2.45) is 23.7 Å². The molecule has 22 heavy (non-hydrogen) atoms. The van der Waals surface area contributed by atoms with E-state index in [0.717, 1.165) is 32.3 Å². The van der Waals surface area contributed by atoms with Crippen LogP contribution in [0.1, 0.15) is 53.4 Å². The minimum atomic E-state index is 0.267. The number of hydrogen-bond acceptors (Lipinski definition) is 3. The van der Waals surface area contributed by atoms with Crippen molar-refractivity contribution in [1.29, 1.82) is 0 Å². The molecule has 1 aliphatic carbocycles. The molecular weight excluding hydrogens is 274 g/mol. The van der Waals surface area contributed by atoms with E-state index in [1.807, 2.05) is 7.05 Å². The van der Waals surface area contributed by atoms with Gasteiger partial charge in [0.2, 0.25) is 0 Å². The highest BCUT2D eigenvalue weighted by molar-refractivity contribution is 4.97. The number of aliphatic hydroxyl groups excluding tert-OH is 1. The fourth-order valence-corrected chi connectivity index (χ4v) is 3.56. The summed E-state index contributed by atoms with van der Waals surface area (Å²) in [5.74, 6) is 2.10. The summed E-state index contributed by atoms with van der Waals surface area (Å²) in [6.45, 7) is 10.0. The van der Waals surface area contributed by atoms with E-state index in [-0.39, 0.29) is 6.10 Å². The minimum Gasteiger partial charge on any atom is -0.396 e. The first-order valence-electron chi connectivity index (χ1n) is 9.13. The van der Waals surface area contributed by atoms with Gasteiger partial charge in [0, 0.05) is 18.6 Å². The maximum Gasteiger partial charge on any atom is 0.0750 e. The zero-order valence-electron chi connectivity index (χ0n) is 15.2. The molecule has 0 spiro atoms. The third-order valence-electron chi connectivity index (χ3n) is 5.53. The lowest BCUT2D eigenvalue weighted by Gasteiger charge is -2.33. The van der Waals surface area contributed by atoms with Crippen molar-refractivity contribution in [3.8, 4) is 0 Å². The van der Waals surface area contributed by atoms with Crippen molar-refractivity contribution >= 4 is 0 Å². The maximum atomic E-state index is 9.53. The molecule has 2 N–H and O–H groups in total. The van der Waals surface area contributed by atoms with Crippen molar-refractivity contribution < 1.29 is 9.84 Å². The smallest absolute Gasteiger partial charge is 0.0750 e. The van der Waals surface area contributed by atoms with Gasteiger partial charge in [-0.2, -0.15) is 0 Å². The van der Waals surface area contributed by atoms with E-state index < -0.39 is 0 Å². The highest BCUT2D eigenvalue weighted by atomic mass is 16.5. The van der Waals surface area contributed by atoms with Crippen molar-refractivity contribution in [3.63, 3.8) is 0 Å². The Morgan fingerprint density at radius 3 is 2.55 bits per heavy atom. The van der Waals surface area contributed by atoms with Crippen LogP contribution in [0.25, 0.3) is 0 Å². The average Bonchev–Trinajstić information content (AvgIpc) is 2.56. The molecule has 0 radical (unpaired) electrons. The van der Waals surface area contributed by atoms with Crippen LogP contribution in [0.15, 0.2) is 12.2 Å². The largest absolute Gasteiger partial charge is 0.396 e. The molecule has 1 aliphatic rings. The van der Waals surface area contributed by atoms with Crippen molar-refractivity contribution in [2.75, 3.05) is 20.3 Å². The summed E-state index contributed by atoms with van der Waals surface area (Å²) in [5.41, 5.74) is 0. The fraction of sp³-hybridized carbons (Fsp3) is 0.895. The molecule has 0 aromatic rings. The Hall–Kier alpha value is -0.380. The standard InChI is InChI=1S/C19H37NO2/c1-6-14(3)19(15(4)20-5)22-13-16-9-8-10-18(11-16)17(7-2)12-21/h8-9,14-21H,6-7,10-13H2,1-5H3/t14-,15-,16-,17?,18-,19?/m0/s1. The van der Waals surface area contributed by atoms with Gasteiger partial charge in [0.15, 0.2) is 0 Å². The van der Waals surface area contributed by atoms with Crippen LogP contribution in [0.5, 0.6) is 0 Å². The lowest BCUT2D eigenvalue weighted by atomic mass is 9.78. The Bertz CT molecular complexity index is 305. The molecule has 0 aromatic carbocycles. The summed E-state index contributed by atoms with van der Waals surface area (Å²) in [6, 6.07) is 0.374. The summed E-state index contributed by atoms with van der Waals surface area (Å²) in [6.07, 6.45) is 9.34. The van der Waals surface area contributed by atoms with Gasteiger partial charge >= 0.3 is 0 Å². The topological polar surface area (TPSA) is 41.5 Å². The Balaban J connectivity index is 2.54. The third kappa shape index (κ3) is 5.68. The summed E-state index contributed by atoms with van der Waals surface area (Å²) in [4.78, 5) is 0. The molecule has 0 amide bonds. The predicted molar refractivity (Wildman–Crippen MR) is 93.9 cm³/mol. The molecule has 0 saturated heterocycles. The number of likely N-dealkylation sites (N-methyl/N-ethyl adjacent to an activating group) is 1. The number of aliphatic hydroxyl groups is 1. The van der Waals surface area contributed by atoms with Crippen LogP contribution in [0.3, 0.4) is 0 Å². The van der Waals surface area contributed by atoms with Gasteiger partial charge in [0.25, 0.3) is 0 Å². The highest BCUT2D eigenvalue weighted by Gasteiger charge is 2.27. The van der Waals surface area contributed by atoms with Gasteiger partial charge in [-0.3, -0.25) is 0 Å². The first-order valence-corrected chi connectivity index (χ1v) is 9.13. The van der Waals surface area contributed by atoms with Crippen LogP contribution in [-0.4, -0.2) is 37.5 Å². The van der Waals surface area contributed by atoms with Gasteiger partial charge in [-0.15, -0.1) is 0 Å². The van der Waals surface area contributed by atoms with Gasteiger partial charge in [0.1, 0.15) is 0 Å². The lowest BCUT2D eigenvalue weighted by molar-refractivity contribution is -0.0201. The zero-order valence-corrected chi connectivity index (χ0v) is 15.2. The maximum absolute atomic E-state index is 9.53. The molecule has 1 rings (SSSR count). The van der Waals surface area contributed by atoms with Gasteiger partial charge in [-0.25, -0.2) is 0 Å². The first kappa shape index (κ1) is 19.7. The third-order valence-corrected chi connectivity index (χ3v) is 5.53. The predicted octanol–water partition coefficient (Wildman–Crippen LogP) is 3.63. The number of allylic oxidation sites excluding steroid dienone is 1. The van der Waals surface area contributed by atoms with E-state index in [0.29, 0.717) is 36.3 Å². The molecule has 0 bridgehead atoms. The molecule has 0 saturated carbocycles. The van der Waals surface area contributed by atoms with Gasteiger partial charge in [-0.1, -0.05) is 45.8 Å². The van der Waals surface area contributed by atoms with E-state index in [9.17, 15) is 5.11 Å². The number of ether oxygens (including phenoxy) is 1. The molecule has 2 unspecified atom stereocenters. The van der Waals surface area contributed by atoms with Crippen LogP contribution in [0.4, 0.5) is 0 Å².